The van der Waals surface area contributed by atoms with Crippen LogP contribution in [0.5, 0.6) is 0 Å². The summed E-state index contributed by atoms with van der Waals surface area (Å²) < 4.78 is 13.8. The Bertz CT molecular complexity index is 279. The quantitative estimate of drug-likeness (QED) is 0.705. The highest BCUT2D eigenvalue weighted by atomic mass is 79.9. The number of rotatable bonds is 4. The van der Waals surface area contributed by atoms with Crippen LogP contribution in [0.25, 0.3) is 0 Å². The molecule has 1 atom stereocenters. The third-order valence-electron chi connectivity index (χ3n) is 2.11. The van der Waals surface area contributed by atoms with Gasteiger partial charge in [-0.3, -0.25) is 0 Å². The van der Waals surface area contributed by atoms with Crippen molar-refractivity contribution in [2.75, 3.05) is 0 Å². The van der Waals surface area contributed by atoms with E-state index in [0.29, 0.717) is 4.83 Å². The van der Waals surface area contributed by atoms with E-state index in [1.807, 2.05) is 6.07 Å². The van der Waals surface area contributed by atoms with Crippen LogP contribution in [0.15, 0.2) is 22.7 Å². The van der Waals surface area contributed by atoms with Gasteiger partial charge in [-0.1, -0.05) is 38.8 Å². The van der Waals surface area contributed by atoms with Crippen molar-refractivity contribution in [3.63, 3.8) is 0 Å². The van der Waals surface area contributed by atoms with Crippen LogP contribution in [0.2, 0.25) is 0 Å². The topological polar surface area (TPSA) is 0 Å². The lowest BCUT2D eigenvalue weighted by molar-refractivity contribution is 0.623. The summed E-state index contributed by atoms with van der Waals surface area (Å²) in [4.78, 5) is 0.532. The minimum absolute atomic E-state index is 0.169. The van der Waals surface area contributed by atoms with Gasteiger partial charge in [0.25, 0.3) is 0 Å². The number of hydrogen-bond donors (Lipinski definition) is 0. The van der Waals surface area contributed by atoms with Gasteiger partial charge in [0.05, 0.1) is 0 Å². The lowest BCUT2D eigenvalue weighted by Crippen LogP contribution is -1.98. The van der Waals surface area contributed by atoms with Crippen molar-refractivity contribution in [1.82, 2.24) is 0 Å². The Morgan fingerprint density at radius 1 is 1.36 bits per heavy atom. The van der Waals surface area contributed by atoms with E-state index in [9.17, 15) is 4.39 Å². The fraction of sp³-hybridized carbons (Fsp3) is 0.455. The van der Waals surface area contributed by atoms with E-state index in [-0.39, 0.29) is 5.82 Å². The van der Waals surface area contributed by atoms with Crippen LogP contribution in [0.3, 0.4) is 0 Å². The van der Waals surface area contributed by atoms with Crippen molar-refractivity contribution in [1.29, 1.82) is 0 Å². The summed E-state index contributed by atoms with van der Waals surface area (Å²) in [5.41, 5.74) is 1.05. The van der Waals surface area contributed by atoms with Gasteiger partial charge in [-0.25, -0.2) is 4.39 Å². The molecule has 0 amide bonds. The molecule has 0 nitrogen and oxygen atoms in total. The maximum absolute atomic E-state index is 13.0. The first-order chi connectivity index (χ1) is 6.61. The van der Waals surface area contributed by atoms with Crippen molar-refractivity contribution < 1.29 is 4.39 Å². The molecule has 3 heteroatoms. The van der Waals surface area contributed by atoms with Gasteiger partial charge in [0.2, 0.25) is 0 Å². The Morgan fingerprint density at radius 2 is 2.07 bits per heavy atom. The molecule has 0 N–H and O–H groups in total. The predicted molar refractivity (Wildman–Crippen MR) is 65.4 cm³/mol. The molecule has 0 saturated heterocycles. The minimum Gasteiger partial charge on any atom is -0.207 e. The van der Waals surface area contributed by atoms with Gasteiger partial charge in [-0.05, 0) is 43.0 Å². The van der Waals surface area contributed by atoms with Crippen molar-refractivity contribution in [2.45, 2.75) is 31.0 Å². The minimum atomic E-state index is -0.169. The van der Waals surface area contributed by atoms with Crippen LogP contribution in [-0.4, -0.2) is 4.83 Å². The Hall–Kier alpha value is 0.110. The molecule has 1 aromatic carbocycles. The van der Waals surface area contributed by atoms with E-state index >= 15 is 0 Å². The van der Waals surface area contributed by atoms with E-state index < -0.39 is 0 Å². The molecular formula is C11H13Br2F. The molecule has 1 rings (SSSR count). The lowest BCUT2D eigenvalue weighted by Gasteiger charge is -2.06. The van der Waals surface area contributed by atoms with Crippen LogP contribution >= 0.6 is 31.9 Å². The average molecular weight is 324 g/mol. The first kappa shape index (κ1) is 12.2. The van der Waals surface area contributed by atoms with E-state index in [4.69, 9.17) is 0 Å². The van der Waals surface area contributed by atoms with Crippen molar-refractivity contribution in [3.8, 4) is 0 Å². The molecule has 14 heavy (non-hydrogen) atoms. The highest BCUT2D eigenvalue weighted by Crippen LogP contribution is 2.18. The molecule has 0 aliphatic rings. The second-order valence-corrected chi connectivity index (χ2v) is 5.53. The number of halogens is 3. The van der Waals surface area contributed by atoms with E-state index in [0.717, 1.165) is 29.3 Å². The predicted octanol–water partition coefficient (Wildman–Crippen LogP) is 4.69. The Kier molecular flexibility index (Phi) is 5.10. The van der Waals surface area contributed by atoms with Gasteiger partial charge in [-0.2, -0.15) is 0 Å². The molecule has 0 radical (unpaired) electrons. The summed E-state index contributed by atoms with van der Waals surface area (Å²) in [6.45, 7) is 2.14. The van der Waals surface area contributed by atoms with E-state index in [1.165, 1.54) is 6.07 Å². The monoisotopic (exact) mass is 322 g/mol. The summed E-state index contributed by atoms with van der Waals surface area (Å²) in [5.74, 6) is -0.169. The van der Waals surface area contributed by atoms with Crippen molar-refractivity contribution >= 4 is 31.9 Å². The summed E-state index contributed by atoms with van der Waals surface area (Å²) in [6.07, 6.45) is 3.07. The van der Waals surface area contributed by atoms with Gasteiger partial charge >= 0.3 is 0 Å². The second kappa shape index (κ2) is 5.86. The largest absolute Gasteiger partial charge is 0.207 e. The number of aryl methyl sites for hydroxylation is 1. The zero-order valence-electron chi connectivity index (χ0n) is 8.06. The SMILES string of the molecule is CCC(Br)CCc1cc(F)cc(Br)c1. The smallest absolute Gasteiger partial charge is 0.124 e. The van der Waals surface area contributed by atoms with Gasteiger partial charge in [-0.15, -0.1) is 0 Å². The molecule has 1 unspecified atom stereocenters. The molecule has 0 aliphatic carbocycles. The average Bonchev–Trinajstić information content (AvgIpc) is 2.12. The van der Waals surface area contributed by atoms with Gasteiger partial charge in [0.15, 0.2) is 0 Å². The summed E-state index contributed by atoms with van der Waals surface area (Å²) in [6, 6.07) is 5.05. The molecule has 0 bridgehead atoms. The standard InChI is InChI=1S/C11H13Br2F/c1-2-9(12)4-3-8-5-10(13)7-11(14)6-8/h5-7,9H,2-4H2,1H3. The zero-order chi connectivity index (χ0) is 10.6. The van der Waals surface area contributed by atoms with E-state index in [1.54, 1.807) is 6.07 Å². The first-order valence-electron chi connectivity index (χ1n) is 4.71. The molecule has 0 fully saturated rings. The molecule has 0 aliphatic heterocycles. The Labute approximate surface area is 101 Å². The van der Waals surface area contributed by atoms with Crippen LogP contribution in [-0.2, 0) is 6.42 Å². The molecule has 0 aromatic heterocycles. The molecule has 0 saturated carbocycles. The number of hydrogen-bond acceptors (Lipinski definition) is 0. The summed E-state index contributed by atoms with van der Waals surface area (Å²) in [7, 11) is 0. The van der Waals surface area contributed by atoms with Gasteiger partial charge in [0.1, 0.15) is 5.82 Å². The highest BCUT2D eigenvalue weighted by molar-refractivity contribution is 9.10. The van der Waals surface area contributed by atoms with Gasteiger partial charge in [0, 0.05) is 9.30 Å². The zero-order valence-corrected chi connectivity index (χ0v) is 11.2. The third-order valence-corrected chi connectivity index (χ3v) is 3.67. The van der Waals surface area contributed by atoms with E-state index in [2.05, 4.69) is 38.8 Å². The Morgan fingerprint density at radius 3 is 2.64 bits per heavy atom. The number of alkyl halides is 1. The van der Waals surface area contributed by atoms with Crippen molar-refractivity contribution in [3.05, 3.63) is 34.1 Å². The summed E-state index contributed by atoms with van der Waals surface area (Å²) in [5, 5.41) is 0. The Balaban J connectivity index is 2.58. The fourth-order valence-electron chi connectivity index (χ4n) is 1.28. The lowest BCUT2D eigenvalue weighted by atomic mass is 10.1. The van der Waals surface area contributed by atoms with Crippen LogP contribution in [0, 0.1) is 5.82 Å². The maximum atomic E-state index is 13.0. The van der Waals surface area contributed by atoms with Crippen LogP contribution in [0.1, 0.15) is 25.3 Å². The molecule has 0 spiro atoms. The maximum Gasteiger partial charge on any atom is 0.124 e. The molecular weight excluding hydrogens is 311 g/mol. The summed E-state index contributed by atoms with van der Waals surface area (Å²) >= 11 is 6.85. The fourth-order valence-corrected chi connectivity index (χ4v) is 2.02. The first-order valence-corrected chi connectivity index (χ1v) is 6.41. The highest BCUT2D eigenvalue weighted by Gasteiger charge is 2.03. The molecule has 78 valence electrons. The normalized spacial score (nSPS) is 12.9. The molecule has 0 heterocycles. The van der Waals surface area contributed by atoms with Crippen molar-refractivity contribution in [2.24, 2.45) is 0 Å². The molecule has 1 aromatic rings. The third kappa shape index (κ3) is 4.09. The van der Waals surface area contributed by atoms with Gasteiger partial charge < -0.3 is 0 Å². The second-order valence-electron chi connectivity index (χ2n) is 3.32. The van der Waals surface area contributed by atoms with Crippen LogP contribution < -0.4 is 0 Å². The number of benzene rings is 1. The van der Waals surface area contributed by atoms with Crippen LogP contribution in [0.4, 0.5) is 4.39 Å².